The van der Waals surface area contributed by atoms with Crippen molar-refractivity contribution in [2.75, 3.05) is 6.54 Å². The average Bonchev–Trinajstić information content (AvgIpc) is 3.07. The van der Waals surface area contributed by atoms with Gasteiger partial charge in [-0.15, -0.1) is 11.3 Å². The van der Waals surface area contributed by atoms with Gasteiger partial charge >= 0.3 is 0 Å². The molecule has 0 aliphatic carbocycles. The van der Waals surface area contributed by atoms with Crippen molar-refractivity contribution >= 4 is 17.2 Å². The number of aromatic nitrogens is 4. The van der Waals surface area contributed by atoms with Crippen LogP contribution in [-0.2, 0) is 13.0 Å². The Morgan fingerprint density at radius 1 is 1.25 bits per heavy atom. The zero-order valence-corrected chi connectivity index (χ0v) is 14.0. The van der Waals surface area contributed by atoms with Gasteiger partial charge < -0.3 is 4.90 Å². The van der Waals surface area contributed by atoms with Gasteiger partial charge in [-0.1, -0.05) is 0 Å². The fourth-order valence-electron chi connectivity index (χ4n) is 2.90. The molecule has 7 heteroatoms. The second-order valence-electron chi connectivity index (χ2n) is 5.61. The first-order valence-corrected chi connectivity index (χ1v) is 8.55. The lowest BCUT2D eigenvalue weighted by Gasteiger charge is -2.28. The van der Waals surface area contributed by atoms with Crippen molar-refractivity contribution < 1.29 is 4.79 Å². The predicted octanol–water partition coefficient (Wildman–Crippen LogP) is 2.50. The monoisotopic (exact) mass is 337 g/mol. The van der Waals surface area contributed by atoms with Gasteiger partial charge in [0, 0.05) is 48.4 Å². The van der Waals surface area contributed by atoms with E-state index in [0.717, 1.165) is 33.9 Å². The van der Waals surface area contributed by atoms with Crippen molar-refractivity contribution in [2.45, 2.75) is 19.9 Å². The number of carbonyl (C=O) groups is 1. The molecule has 3 aromatic rings. The van der Waals surface area contributed by atoms with Crippen LogP contribution in [0, 0.1) is 6.92 Å². The minimum atomic E-state index is -0.0328. The van der Waals surface area contributed by atoms with Crippen LogP contribution in [0.25, 0.3) is 11.3 Å². The van der Waals surface area contributed by atoms with Crippen molar-refractivity contribution in [1.82, 2.24) is 24.8 Å². The first-order valence-electron chi connectivity index (χ1n) is 7.67. The van der Waals surface area contributed by atoms with Crippen LogP contribution in [0.5, 0.6) is 0 Å². The maximum Gasteiger partial charge on any atom is 0.273 e. The van der Waals surface area contributed by atoms with E-state index in [1.165, 1.54) is 11.3 Å². The van der Waals surface area contributed by atoms with Crippen molar-refractivity contribution in [3.63, 3.8) is 0 Å². The van der Waals surface area contributed by atoms with Crippen molar-refractivity contribution in [3.8, 4) is 11.3 Å². The summed E-state index contributed by atoms with van der Waals surface area (Å²) in [7, 11) is 0. The fourth-order valence-corrected chi connectivity index (χ4v) is 3.48. The van der Waals surface area contributed by atoms with E-state index < -0.39 is 0 Å². The van der Waals surface area contributed by atoms with Gasteiger partial charge in [0.1, 0.15) is 12.0 Å². The molecular formula is C17H15N5OS. The lowest BCUT2D eigenvalue weighted by Crippen LogP contribution is -2.37. The molecule has 0 spiro atoms. The van der Waals surface area contributed by atoms with Crippen molar-refractivity contribution in [3.05, 3.63) is 58.2 Å². The van der Waals surface area contributed by atoms with Crippen LogP contribution in [0.1, 0.15) is 26.8 Å². The van der Waals surface area contributed by atoms with E-state index in [1.807, 2.05) is 29.3 Å². The fraction of sp³-hybridized carbons (Fsp3) is 0.235. The van der Waals surface area contributed by atoms with Crippen LogP contribution in [0.4, 0.5) is 0 Å². The predicted molar refractivity (Wildman–Crippen MR) is 90.6 cm³/mol. The van der Waals surface area contributed by atoms with Crippen LogP contribution in [0.2, 0.25) is 0 Å². The van der Waals surface area contributed by atoms with Gasteiger partial charge in [-0.25, -0.2) is 15.0 Å². The largest absolute Gasteiger partial charge is 0.332 e. The number of fused-ring (bicyclic) bond motifs is 1. The Labute approximate surface area is 143 Å². The third-order valence-corrected chi connectivity index (χ3v) is 4.85. The molecule has 0 bridgehead atoms. The van der Waals surface area contributed by atoms with Crippen molar-refractivity contribution in [1.29, 1.82) is 0 Å². The van der Waals surface area contributed by atoms with Gasteiger partial charge in [-0.05, 0) is 19.1 Å². The van der Waals surface area contributed by atoms with Crippen LogP contribution < -0.4 is 0 Å². The number of hydrogen-bond donors (Lipinski definition) is 0. The number of carbonyl (C=O) groups excluding carboxylic acids is 1. The number of thiazole rings is 1. The Hall–Kier alpha value is -2.67. The smallest absolute Gasteiger partial charge is 0.273 e. The summed E-state index contributed by atoms with van der Waals surface area (Å²) in [4.78, 5) is 31.7. The average molecular weight is 337 g/mol. The van der Waals surface area contributed by atoms with E-state index in [4.69, 9.17) is 0 Å². The summed E-state index contributed by atoms with van der Waals surface area (Å²) in [5, 5.41) is 2.72. The Morgan fingerprint density at radius 3 is 2.83 bits per heavy atom. The number of nitrogens with zero attached hydrogens (tertiary/aromatic N) is 5. The summed E-state index contributed by atoms with van der Waals surface area (Å²) >= 11 is 1.49. The van der Waals surface area contributed by atoms with Gasteiger partial charge in [0.15, 0.2) is 0 Å². The number of amides is 1. The van der Waals surface area contributed by atoms with Crippen LogP contribution >= 0.6 is 11.3 Å². The van der Waals surface area contributed by atoms with Crippen LogP contribution in [0.15, 0.2) is 36.2 Å². The molecule has 1 aliphatic rings. The third kappa shape index (κ3) is 2.67. The van der Waals surface area contributed by atoms with Gasteiger partial charge in [0.2, 0.25) is 0 Å². The summed E-state index contributed by atoms with van der Waals surface area (Å²) in [5.41, 5.74) is 4.39. The van der Waals surface area contributed by atoms with Crippen LogP contribution in [-0.4, -0.2) is 37.3 Å². The number of hydrogen-bond acceptors (Lipinski definition) is 6. The zero-order chi connectivity index (χ0) is 16.5. The Bertz CT molecular complexity index is 893. The molecule has 1 amide bonds. The van der Waals surface area contributed by atoms with E-state index in [-0.39, 0.29) is 5.91 Å². The standard InChI is InChI=1S/C17H15N5OS/c1-11-21-15(9-24-11)17(23)22-7-4-14-13(8-22)16(20-10-19-14)12-2-5-18-6-3-12/h2-3,5-6,9-10H,4,7-8H2,1H3. The molecule has 3 aromatic heterocycles. The molecule has 4 rings (SSSR count). The first-order chi connectivity index (χ1) is 11.7. The van der Waals surface area contributed by atoms with E-state index in [0.29, 0.717) is 18.8 Å². The van der Waals surface area contributed by atoms with E-state index in [2.05, 4.69) is 19.9 Å². The summed E-state index contributed by atoms with van der Waals surface area (Å²) in [5.74, 6) is -0.0328. The van der Waals surface area contributed by atoms with Crippen molar-refractivity contribution in [2.24, 2.45) is 0 Å². The topological polar surface area (TPSA) is 71.9 Å². The quantitative estimate of drug-likeness (QED) is 0.718. The van der Waals surface area contributed by atoms with Gasteiger partial charge in [-0.2, -0.15) is 0 Å². The molecule has 6 nitrogen and oxygen atoms in total. The maximum absolute atomic E-state index is 12.7. The molecule has 24 heavy (non-hydrogen) atoms. The molecule has 0 unspecified atom stereocenters. The summed E-state index contributed by atoms with van der Waals surface area (Å²) in [6, 6.07) is 3.85. The molecule has 4 heterocycles. The minimum Gasteiger partial charge on any atom is -0.332 e. The Kier molecular flexibility index (Phi) is 3.78. The van der Waals surface area contributed by atoms with Gasteiger partial charge in [-0.3, -0.25) is 9.78 Å². The molecule has 0 fully saturated rings. The Morgan fingerprint density at radius 2 is 2.08 bits per heavy atom. The SMILES string of the molecule is Cc1nc(C(=O)N2CCc3ncnc(-c4ccncc4)c3C2)cs1. The zero-order valence-electron chi connectivity index (χ0n) is 13.1. The molecule has 0 radical (unpaired) electrons. The lowest BCUT2D eigenvalue weighted by molar-refractivity contribution is 0.0728. The highest BCUT2D eigenvalue weighted by molar-refractivity contribution is 7.09. The van der Waals surface area contributed by atoms with E-state index in [9.17, 15) is 4.79 Å². The maximum atomic E-state index is 12.7. The van der Waals surface area contributed by atoms with E-state index in [1.54, 1.807) is 18.7 Å². The molecule has 0 saturated carbocycles. The second-order valence-corrected chi connectivity index (χ2v) is 6.67. The molecular weight excluding hydrogens is 322 g/mol. The van der Waals surface area contributed by atoms with Gasteiger partial charge in [0.05, 0.1) is 16.4 Å². The lowest BCUT2D eigenvalue weighted by atomic mass is 10.00. The molecule has 0 atom stereocenters. The number of rotatable bonds is 2. The first kappa shape index (κ1) is 14.9. The molecule has 1 aliphatic heterocycles. The van der Waals surface area contributed by atoms with E-state index >= 15 is 0 Å². The normalized spacial score (nSPS) is 13.6. The summed E-state index contributed by atoms with van der Waals surface area (Å²) in [6.45, 7) is 3.06. The summed E-state index contributed by atoms with van der Waals surface area (Å²) < 4.78 is 0. The second kappa shape index (κ2) is 6.09. The molecule has 0 N–H and O–H groups in total. The minimum absolute atomic E-state index is 0.0328. The highest BCUT2D eigenvalue weighted by Crippen LogP contribution is 2.27. The van der Waals surface area contributed by atoms with Crippen LogP contribution in [0.3, 0.4) is 0 Å². The number of aryl methyl sites for hydroxylation is 1. The molecule has 0 aromatic carbocycles. The van der Waals surface area contributed by atoms with Gasteiger partial charge in [0.25, 0.3) is 5.91 Å². The summed E-state index contributed by atoms with van der Waals surface area (Å²) in [6.07, 6.45) is 5.81. The molecule has 0 saturated heterocycles. The molecule has 120 valence electrons. The highest BCUT2D eigenvalue weighted by atomic mass is 32.1. The highest BCUT2D eigenvalue weighted by Gasteiger charge is 2.26. The number of pyridine rings is 1. The Balaban J connectivity index is 1.68. The third-order valence-electron chi connectivity index (χ3n) is 4.08.